The summed E-state index contributed by atoms with van der Waals surface area (Å²) < 4.78 is 0. The first-order chi connectivity index (χ1) is 12.2. The number of hydrogen-bond donors (Lipinski definition) is 1. The van der Waals surface area contributed by atoms with Crippen molar-refractivity contribution in [2.45, 2.75) is 38.6 Å². The molecule has 1 atom stereocenters. The fourth-order valence-electron chi connectivity index (χ4n) is 3.37. The number of benzene rings is 2. The van der Waals surface area contributed by atoms with Gasteiger partial charge in [0.25, 0.3) is 0 Å². The average molecular weight is 336 g/mol. The SMILES string of the molecule is CCCC(=O)N1CCC[C@H]1C(=O)Nc1ccccc1-c1ccccc1. The van der Waals surface area contributed by atoms with E-state index in [2.05, 4.69) is 5.32 Å². The number of amides is 2. The number of anilines is 1. The molecule has 0 spiro atoms. The van der Waals surface area contributed by atoms with Crippen LogP contribution in [0, 0.1) is 0 Å². The first kappa shape index (κ1) is 17.2. The van der Waals surface area contributed by atoms with Crippen LogP contribution in [-0.2, 0) is 9.59 Å². The Hall–Kier alpha value is -2.62. The van der Waals surface area contributed by atoms with E-state index in [0.717, 1.165) is 36.1 Å². The summed E-state index contributed by atoms with van der Waals surface area (Å²) in [7, 11) is 0. The Bertz CT molecular complexity index is 743. The van der Waals surface area contributed by atoms with E-state index in [4.69, 9.17) is 0 Å². The minimum Gasteiger partial charge on any atom is -0.331 e. The first-order valence-electron chi connectivity index (χ1n) is 8.95. The Kier molecular flexibility index (Phi) is 5.49. The zero-order chi connectivity index (χ0) is 17.6. The summed E-state index contributed by atoms with van der Waals surface area (Å²) >= 11 is 0. The van der Waals surface area contributed by atoms with Crippen LogP contribution in [0.5, 0.6) is 0 Å². The molecule has 2 aromatic rings. The highest BCUT2D eigenvalue weighted by atomic mass is 16.2. The van der Waals surface area contributed by atoms with Crippen LogP contribution in [0.1, 0.15) is 32.6 Å². The molecule has 4 nitrogen and oxygen atoms in total. The minimum absolute atomic E-state index is 0.0801. The molecule has 25 heavy (non-hydrogen) atoms. The Morgan fingerprint density at radius 3 is 2.56 bits per heavy atom. The molecular formula is C21H24N2O2. The van der Waals surface area contributed by atoms with Gasteiger partial charge in [0.2, 0.25) is 11.8 Å². The number of carbonyl (C=O) groups excluding carboxylic acids is 2. The maximum absolute atomic E-state index is 12.8. The zero-order valence-corrected chi connectivity index (χ0v) is 14.6. The number of rotatable bonds is 5. The third-order valence-electron chi connectivity index (χ3n) is 4.61. The van der Waals surface area contributed by atoms with Crippen LogP contribution in [0.2, 0.25) is 0 Å². The van der Waals surface area contributed by atoms with Crippen LogP contribution >= 0.6 is 0 Å². The predicted molar refractivity (Wildman–Crippen MR) is 100 cm³/mol. The molecule has 130 valence electrons. The normalized spacial score (nSPS) is 16.7. The van der Waals surface area contributed by atoms with Gasteiger partial charge < -0.3 is 10.2 Å². The molecular weight excluding hydrogens is 312 g/mol. The van der Waals surface area contributed by atoms with Crippen LogP contribution in [-0.4, -0.2) is 29.3 Å². The highest BCUT2D eigenvalue weighted by Gasteiger charge is 2.33. The molecule has 3 rings (SSSR count). The summed E-state index contributed by atoms with van der Waals surface area (Å²) in [6.45, 7) is 2.66. The van der Waals surface area contributed by atoms with Crippen molar-refractivity contribution in [3.05, 3.63) is 54.6 Å². The molecule has 0 aromatic heterocycles. The largest absolute Gasteiger partial charge is 0.331 e. The summed E-state index contributed by atoms with van der Waals surface area (Å²) in [5.74, 6) is -0.0122. The lowest BCUT2D eigenvalue weighted by atomic mass is 10.0. The Labute approximate surface area is 148 Å². The molecule has 0 unspecified atom stereocenters. The van der Waals surface area contributed by atoms with Gasteiger partial charge in [-0.15, -0.1) is 0 Å². The van der Waals surface area contributed by atoms with Gasteiger partial charge >= 0.3 is 0 Å². The van der Waals surface area contributed by atoms with Crippen LogP contribution in [0.15, 0.2) is 54.6 Å². The van der Waals surface area contributed by atoms with Crippen LogP contribution < -0.4 is 5.32 Å². The van der Waals surface area contributed by atoms with Gasteiger partial charge in [0, 0.05) is 24.2 Å². The van der Waals surface area contributed by atoms with Crippen molar-refractivity contribution in [1.82, 2.24) is 4.90 Å². The van der Waals surface area contributed by atoms with E-state index in [1.54, 1.807) is 4.90 Å². The van der Waals surface area contributed by atoms with E-state index in [1.165, 1.54) is 0 Å². The molecule has 0 radical (unpaired) electrons. The van der Waals surface area contributed by atoms with Gasteiger partial charge in [0.15, 0.2) is 0 Å². The van der Waals surface area contributed by atoms with Crippen LogP contribution in [0.4, 0.5) is 5.69 Å². The maximum Gasteiger partial charge on any atom is 0.247 e. The number of para-hydroxylation sites is 1. The topological polar surface area (TPSA) is 49.4 Å². The van der Waals surface area contributed by atoms with Gasteiger partial charge in [-0.05, 0) is 30.9 Å². The third-order valence-corrected chi connectivity index (χ3v) is 4.61. The number of nitrogens with zero attached hydrogens (tertiary/aromatic N) is 1. The van der Waals surface area contributed by atoms with Crippen molar-refractivity contribution in [3.8, 4) is 11.1 Å². The lowest BCUT2D eigenvalue weighted by Crippen LogP contribution is -2.43. The predicted octanol–water partition coefficient (Wildman–Crippen LogP) is 4.08. The van der Waals surface area contributed by atoms with Crippen molar-refractivity contribution in [2.75, 3.05) is 11.9 Å². The number of likely N-dealkylation sites (tertiary alicyclic amines) is 1. The summed E-state index contributed by atoms with van der Waals surface area (Å²) in [5, 5.41) is 3.05. The molecule has 0 bridgehead atoms. The zero-order valence-electron chi connectivity index (χ0n) is 14.6. The van der Waals surface area contributed by atoms with Gasteiger partial charge in [0.1, 0.15) is 6.04 Å². The number of carbonyl (C=O) groups is 2. The van der Waals surface area contributed by atoms with Crippen LogP contribution in [0.25, 0.3) is 11.1 Å². The van der Waals surface area contributed by atoms with Crippen molar-refractivity contribution in [2.24, 2.45) is 0 Å². The molecule has 1 heterocycles. The van der Waals surface area contributed by atoms with Gasteiger partial charge in [-0.25, -0.2) is 0 Å². The molecule has 0 aliphatic carbocycles. The standard InChI is InChI=1S/C21H24N2O2/c1-2-9-20(24)23-15-8-14-19(23)21(25)22-18-13-7-6-12-17(18)16-10-4-3-5-11-16/h3-7,10-13,19H,2,8-9,14-15H2,1H3,(H,22,25)/t19-/m0/s1. The van der Waals surface area contributed by atoms with E-state index in [9.17, 15) is 9.59 Å². The second-order valence-corrected chi connectivity index (χ2v) is 6.40. The monoisotopic (exact) mass is 336 g/mol. The van der Waals surface area contributed by atoms with Crippen molar-refractivity contribution >= 4 is 17.5 Å². The summed E-state index contributed by atoms with van der Waals surface area (Å²) in [6, 6.07) is 17.4. The molecule has 1 fully saturated rings. The van der Waals surface area contributed by atoms with E-state index in [0.29, 0.717) is 13.0 Å². The molecule has 1 aliphatic rings. The second-order valence-electron chi connectivity index (χ2n) is 6.40. The molecule has 2 amide bonds. The Balaban J connectivity index is 1.79. The number of nitrogens with one attached hydrogen (secondary N) is 1. The fraction of sp³-hybridized carbons (Fsp3) is 0.333. The molecule has 2 aromatic carbocycles. The smallest absolute Gasteiger partial charge is 0.247 e. The van der Waals surface area contributed by atoms with Gasteiger partial charge in [-0.2, -0.15) is 0 Å². The molecule has 1 saturated heterocycles. The Morgan fingerprint density at radius 1 is 1.08 bits per heavy atom. The highest BCUT2D eigenvalue weighted by molar-refractivity contribution is 6.00. The average Bonchev–Trinajstić information content (AvgIpc) is 3.13. The molecule has 1 aliphatic heterocycles. The maximum atomic E-state index is 12.8. The second kappa shape index (κ2) is 7.97. The quantitative estimate of drug-likeness (QED) is 0.894. The lowest BCUT2D eigenvalue weighted by molar-refractivity contribution is -0.136. The summed E-state index contributed by atoms with van der Waals surface area (Å²) in [5.41, 5.74) is 2.83. The fourth-order valence-corrected chi connectivity index (χ4v) is 3.37. The molecule has 1 N–H and O–H groups in total. The Morgan fingerprint density at radius 2 is 1.80 bits per heavy atom. The van der Waals surface area contributed by atoms with Gasteiger partial charge in [-0.1, -0.05) is 55.5 Å². The first-order valence-corrected chi connectivity index (χ1v) is 8.95. The third kappa shape index (κ3) is 3.90. The van der Waals surface area contributed by atoms with E-state index in [-0.39, 0.29) is 17.9 Å². The van der Waals surface area contributed by atoms with Crippen molar-refractivity contribution in [3.63, 3.8) is 0 Å². The number of hydrogen-bond acceptors (Lipinski definition) is 2. The highest BCUT2D eigenvalue weighted by Crippen LogP contribution is 2.28. The minimum atomic E-state index is -0.358. The van der Waals surface area contributed by atoms with Gasteiger partial charge in [0.05, 0.1) is 0 Å². The molecule has 0 saturated carbocycles. The van der Waals surface area contributed by atoms with Crippen molar-refractivity contribution < 1.29 is 9.59 Å². The van der Waals surface area contributed by atoms with Gasteiger partial charge in [-0.3, -0.25) is 9.59 Å². The van der Waals surface area contributed by atoms with E-state index >= 15 is 0 Å². The summed E-state index contributed by atoms with van der Waals surface area (Å²) in [4.78, 5) is 26.8. The van der Waals surface area contributed by atoms with E-state index < -0.39 is 0 Å². The lowest BCUT2D eigenvalue weighted by Gasteiger charge is -2.24. The summed E-state index contributed by atoms with van der Waals surface area (Å²) in [6.07, 6.45) is 2.92. The van der Waals surface area contributed by atoms with Crippen LogP contribution in [0.3, 0.4) is 0 Å². The van der Waals surface area contributed by atoms with Crippen molar-refractivity contribution in [1.29, 1.82) is 0 Å². The molecule has 4 heteroatoms. The van der Waals surface area contributed by atoms with E-state index in [1.807, 2.05) is 61.5 Å².